The normalized spacial score (nSPS) is 18.2. The average Bonchev–Trinajstić information content (AvgIpc) is 2.68. The van der Waals surface area contributed by atoms with Gasteiger partial charge in [-0.15, -0.1) is 0 Å². The number of ether oxygens (including phenoxy) is 1. The lowest BCUT2D eigenvalue weighted by atomic mass is 9.93. The van der Waals surface area contributed by atoms with E-state index in [4.69, 9.17) is 10.5 Å². The second kappa shape index (κ2) is 7.69. The Morgan fingerprint density at radius 1 is 1.43 bits per heavy atom. The molecule has 10 heteroatoms. The van der Waals surface area contributed by atoms with Gasteiger partial charge in [-0.05, 0) is 25.5 Å². The zero-order chi connectivity index (χ0) is 20.4. The molecular formula is C18H21N5O5. The molecule has 0 saturated carbocycles. The van der Waals surface area contributed by atoms with E-state index in [0.29, 0.717) is 23.4 Å². The van der Waals surface area contributed by atoms with Crippen molar-refractivity contribution in [2.75, 3.05) is 19.0 Å². The van der Waals surface area contributed by atoms with Crippen LogP contribution in [0.15, 0.2) is 35.3 Å². The van der Waals surface area contributed by atoms with E-state index in [1.54, 1.807) is 19.2 Å². The molecule has 0 aliphatic carbocycles. The summed E-state index contributed by atoms with van der Waals surface area (Å²) >= 11 is 0. The number of nitro benzene ring substituents is 1. The molecule has 2 aromatic rings. The number of fused-ring (bicyclic) bond motifs is 1. The molecule has 148 valence electrons. The summed E-state index contributed by atoms with van der Waals surface area (Å²) in [5.41, 5.74) is 6.38. The first-order chi connectivity index (χ1) is 13.4. The number of aromatic nitrogens is 1. The lowest BCUT2D eigenvalue weighted by Gasteiger charge is -2.41. The van der Waals surface area contributed by atoms with Crippen molar-refractivity contribution in [1.82, 2.24) is 9.88 Å². The van der Waals surface area contributed by atoms with E-state index in [2.05, 4.69) is 10.3 Å². The van der Waals surface area contributed by atoms with Gasteiger partial charge in [-0.25, -0.2) is 4.79 Å². The third-order valence-electron chi connectivity index (χ3n) is 4.71. The fourth-order valence-corrected chi connectivity index (χ4v) is 3.46. The average molecular weight is 387 g/mol. The third-order valence-corrected chi connectivity index (χ3v) is 4.71. The number of pyridine rings is 1. The van der Waals surface area contributed by atoms with Gasteiger partial charge in [0.15, 0.2) is 5.43 Å². The molecule has 1 aliphatic rings. The molecule has 28 heavy (non-hydrogen) atoms. The third kappa shape index (κ3) is 3.29. The lowest BCUT2D eigenvalue weighted by molar-refractivity contribution is -0.384. The fourth-order valence-electron chi connectivity index (χ4n) is 3.46. The number of hydrogen-bond donors (Lipinski definition) is 3. The maximum absolute atomic E-state index is 13.1. The smallest absolute Gasteiger partial charge is 0.411 e. The molecule has 10 nitrogen and oxygen atoms in total. The minimum Gasteiger partial charge on any atom is -0.453 e. The molecule has 2 atom stereocenters. The second-order valence-electron chi connectivity index (χ2n) is 6.42. The van der Waals surface area contributed by atoms with E-state index in [1.807, 2.05) is 0 Å². The molecule has 1 amide bonds. The van der Waals surface area contributed by atoms with Crippen LogP contribution in [0.1, 0.15) is 29.7 Å². The van der Waals surface area contributed by atoms with Crippen molar-refractivity contribution >= 4 is 17.6 Å². The van der Waals surface area contributed by atoms with Crippen molar-refractivity contribution in [1.29, 1.82) is 0 Å². The largest absolute Gasteiger partial charge is 0.453 e. The lowest BCUT2D eigenvalue weighted by Crippen LogP contribution is -2.51. The Hall–Kier alpha value is -3.40. The number of nitrogens with zero attached hydrogens (tertiary/aromatic N) is 2. The molecule has 0 saturated heterocycles. The van der Waals surface area contributed by atoms with Crippen molar-refractivity contribution in [2.24, 2.45) is 5.73 Å². The summed E-state index contributed by atoms with van der Waals surface area (Å²) in [5, 5.41) is 14.3. The van der Waals surface area contributed by atoms with Crippen LogP contribution >= 0.6 is 0 Å². The number of hydrogen-bond acceptors (Lipinski definition) is 7. The topological polar surface area (TPSA) is 144 Å². The highest BCUT2D eigenvalue weighted by molar-refractivity contribution is 5.72. The molecule has 1 aromatic heterocycles. The Morgan fingerprint density at radius 3 is 2.82 bits per heavy atom. The number of benzene rings is 1. The summed E-state index contributed by atoms with van der Waals surface area (Å²) in [6.07, 6.45) is 0.760. The quantitative estimate of drug-likeness (QED) is 0.535. The van der Waals surface area contributed by atoms with Crippen LogP contribution in [-0.4, -0.2) is 40.7 Å². The van der Waals surface area contributed by atoms with Gasteiger partial charge in [0, 0.05) is 23.9 Å². The standard InChI is InChI=1S/C18H21N5O5/c1-10-21-17-14(16(24)12(6-7-19)9-20-17)15(22(10)18(25)28-2)11-4-3-5-13(8-11)23(26)27/h3-5,8-10,15H,6-7,19H2,1-2H3,(H2,20,21,24). The molecule has 0 radical (unpaired) electrons. The maximum atomic E-state index is 13.1. The highest BCUT2D eigenvalue weighted by Crippen LogP contribution is 2.37. The summed E-state index contributed by atoms with van der Waals surface area (Å²) in [7, 11) is 1.24. The zero-order valence-corrected chi connectivity index (χ0v) is 15.5. The van der Waals surface area contributed by atoms with Gasteiger partial charge in [-0.1, -0.05) is 12.1 Å². The van der Waals surface area contributed by atoms with Crippen LogP contribution in [0.4, 0.5) is 16.3 Å². The number of aromatic amines is 1. The molecule has 0 spiro atoms. The Kier molecular flexibility index (Phi) is 5.32. The van der Waals surface area contributed by atoms with Crippen LogP contribution in [0, 0.1) is 10.1 Å². The molecule has 0 fully saturated rings. The number of methoxy groups -OCH3 is 1. The highest BCUT2D eigenvalue weighted by Gasteiger charge is 2.40. The summed E-state index contributed by atoms with van der Waals surface area (Å²) in [4.78, 5) is 40.8. The van der Waals surface area contributed by atoms with Crippen molar-refractivity contribution in [3.8, 4) is 0 Å². The Bertz CT molecular complexity index is 973. The number of nitrogens with two attached hydrogens (primary N) is 1. The van der Waals surface area contributed by atoms with Gasteiger partial charge in [-0.3, -0.25) is 19.8 Å². The Morgan fingerprint density at radius 2 is 2.18 bits per heavy atom. The van der Waals surface area contributed by atoms with Gasteiger partial charge in [0.2, 0.25) is 0 Å². The molecule has 4 N–H and O–H groups in total. The van der Waals surface area contributed by atoms with Crippen LogP contribution in [0.2, 0.25) is 0 Å². The minimum absolute atomic E-state index is 0.135. The van der Waals surface area contributed by atoms with E-state index in [0.717, 1.165) is 0 Å². The predicted octanol–water partition coefficient (Wildman–Crippen LogP) is 1.71. The molecule has 3 rings (SSSR count). The first-order valence-electron chi connectivity index (χ1n) is 8.70. The van der Waals surface area contributed by atoms with Gasteiger partial charge in [0.05, 0.1) is 23.6 Å². The minimum atomic E-state index is -0.861. The number of anilines is 1. The second-order valence-corrected chi connectivity index (χ2v) is 6.42. The van der Waals surface area contributed by atoms with Crippen LogP contribution in [0.3, 0.4) is 0 Å². The Balaban J connectivity index is 2.27. The molecule has 1 aliphatic heterocycles. The van der Waals surface area contributed by atoms with Crippen molar-refractivity contribution in [2.45, 2.75) is 25.6 Å². The van der Waals surface area contributed by atoms with Crippen LogP contribution in [-0.2, 0) is 11.2 Å². The fraction of sp³-hybridized carbons (Fsp3) is 0.333. The molecular weight excluding hydrogens is 366 g/mol. The van der Waals surface area contributed by atoms with Crippen molar-refractivity contribution < 1.29 is 14.5 Å². The van der Waals surface area contributed by atoms with E-state index >= 15 is 0 Å². The number of nitrogens with one attached hydrogen (secondary N) is 2. The van der Waals surface area contributed by atoms with E-state index in [9.17, 15) is 19.7 Å². The van der Waals surface area contributed by atoms with E-state index < -0.39 is 23.2 Å². The first-order valence-corrected chi connectivity index (χ1v) is 8.70. The van der Waals surface area contributed by atoms with Gasteiger partial charge >= 0.3 is 6.09 Å². The van der Waals surface area contributed by atoms with Crippen molar-refractivity contribution in [3.05, 3.63) is 67.5 Å². The Labute approximate surface area is 160 Å². The van der Waals surface area contributed by atoms with Crippen LogP contribution in [0.25, 0.3) is 0 Å². The number of nitro groups is 1. The first kappa shape index (κ1) is 19.4. The number of carbonyl (C=O) groups is 1. The number of amides is 1. The highest BCUT2D eigenvalue weighted by atomic mass is 16.6. The molecule has 2 heterocycles. The predicted molar refractivity (Wildman–Crippen MR) is 102 cm³/mol. The van der Waals surface area contributed by atoms with Crippen LogP contribution in [0.5, 0.6) is 0 Å². The van der Waals surface area contributed by atoms with Gasteiger partial charge in [0.1, 0.15) is 12.0 Å². The number of carbonyl (C=O) groups excluding carboxylic acids is 1. The number of H-pyrrole nitrogens is 1. The SMILES string of the molecule is COC(=O)N1C(C)Nc2[nH]cc(CCN)c(=O)c2C1c1cccc([N+](=O)[O-])c1. The molecule has 1 aromatic carbocycles. The van der Waals surface area contributed by atoms with E-state index in [1.165, 1.54) is 30.2 Å². The van der Waals surface area contributed by atoms with E-state index in [-0.39, 0.29) is 23.2 Å². The van der Waals surface area contributed by atoms with Gasteiger partial charge in [-0.2, -0.15) is 0 Å². The van der Waals surface area contributed by atoms with Crippen LogP contribution < -0.4 is 16.5 Å². The summed E-state index contributed by atoms with van der Waals surface area (Å²) in [6, 6.07) is 5.02. The van der Waals surface area contributed by atoms with Gasteiger partial charge < -0.3 is 20.8 Å². The molecule has 0 bridgehead atoms. The molecule has 2 unspecified atom stereocenters. The van der Waals surface area contributed by atoms with Crippen molar-refractivity contribution in [3.63, 3.8) is 0 Å². The monoisotopic (exact) mass is 387 g/mol. The summed E-state index contributed by atoms with van der Waals surface area (Å²) < 4.78 is 4.90. The summed E-state index contributed by atoms with van der Waals surface area (Å²) in [5.74, 6) is 0.454. The zero-order valence-electron chi connectivity index (χ0n) is 15.5. The number of rotatable bonds is 4. The van der Waals surface area contributed by atoms with Gasteiger partial charge in [0.25, 0.3) is 5.69 Å². The maximum Gasteiger partial charge on any atom is 0.411 e. The summed E-state index contributed by atoms with van der Waals surface area (Å²) in [6.45, 7) is 2.02. The number of non-ortho nitro benzene ring substituents is 1.